The SMILES string of the molecule is CCC1(O)CC(OC2CC(N(C)C)C(OC3CC4OC5CC(=O)C(C)OC5OC4CO3)C(C)O2)c2c(cc3c(c2O)C(=O)c2c(O)ccc(O)c2C3=O)C1C(=O)OC. The minimum absolute atomic E-state index is 0.00817. The molecule has 4 N–H and O–H groups in total. The number of fused-ring (bicyclic) bond motifs is 5. The summed E-state index contributed by atoms with van der Waals surface area (Å²) in [6, 6.07) is 3.08. The van der Waals surface area contributed by atoms with Crippen LogP contribution in [0, 0.1) is 0 Å². The molecule has 2 aromatic rings. The summed E-state index contributed by atoms with van der Waals surface area (Å²) in [7, 11) is 4.91. The first-order chi connectivity index (χ1) is 27.5. The summed E-state index contributed by atoms with van der Waals surface area (Å²) in [5, 5.41) is 45.3. The molecule has 4 heterocycles. The van der Waals surface area contributed by atoms with Crippen LogP contribution < -0.4 is 0 Å². The van der Waals surface area contributed by atoms with Crippen molar-refractivity contribution in [2.75, 3.05) is 27.8 Å². The molecule has 0 aromatic heterocycles. The van der Waals surface area contributed by atoms with E-state index in [4.69, 9.17) is 37.9 Å². The van der Waals surface area contributed by atoms with Gasteiger partial charge in [0.1, 0.15) is 47.6 Å². The monoisotopic (exact) mass is 811 g/mol. The van der Waals surface area contributed by atoms with Crippen molar-refractivity contribution in [1.29, 1.82) is 0 Å². The number of hydrogen-bond donors (Lipinski definition) is 4. The number of aliphatic hydroxyl groups is 1. The smallest absolute Gasteiger partial charge is 0.316 e. The predicted molar refractivity (Wildman–Crippen MR) is 196 cm³/mol. The molecule has 0 spiro atoms. The van der Waals surface area contributed by atoms with Gasteiger partial charge in [-0.25, -0.2) is 0 Å². The van der Waals surface area contributed by atoms with Gasteiger partial charge in [0.2, 0.25) is 5.78 Å². The van der Waals surface area contributed by atoms with Gasteiger partial charge in [-0.05, 0) is 58.1 Å². The third kappa shape index (κ3) is 6.70. The average Bonchev–Trinajstić information content (AvgIpc) is 3.17. The highest BCUT2D eigenvalue weighted by Crippen LogP contribution is 2.54. The quantitative estimate of drug-likeness (QED) is 0.199. The lowest BCUT2D eigenvalue weighted by Gasteiger charge is -2.49. The maximum atomic E-state index is 14.0. The highest BCUT2D eigenvalue weighted by molar-refractivity contribution is 6.31. The number of methoxy groups -OCH3 is 1. The lowest BCUT2D eigenvalue weighted by molar-refractivity contribution is -0.358. The molecule has 2 aromatic carbocycles. The number of esters is 1. The van der Waals surface area contributed by atoms with E-state index in [2.05, 4.69) is 0 Å². The van der Waals surface area contributed by atoms with E-state index in [0.717, 1.165) is 19.2 Å². The minimum atomic E-state index is -1.80. The van der Waals surface area contributed by atoms with Gasteiger partial charge in [-0.2, -0.15) is 0 Å². The van der Waals surface area contributed by atoms with Crippen molar-refractivity contribution in [3.63, 3.8) is 0 Å². The van der Waals surface area contributed by atoms with Crippen molar-refractivity contribution in [2.45, 2.75) is 132 Å². The molecule has 0 amide bonds. The third-order valence-corrected chi connectivity index (χ3v) is 12.6. The second kappa shape index (κ2) is 15.2. The summed E-state index contributed by atoms with van der Waals surface area (Å²) in [5.41, 5.74) is -3.50. The molecule has 2 aliphatic carbocycles. The van der Waals surface area contributed by atoms with Crippen LogP contribution in [0.5, 0.6) is 17.2 Å². The summed E-state index contributed by atoms with van der Waals surface area (Å²) in [6.45, 7) is 5.38. The van der Waals surface area contributed by atoms with Gasteiger partial charge >= 0.3 is 5.97 Å². The Bertz CT molecular complexity index is 2020. The number of ketones is 3. The summed E-state index contributed by atoms with van der Waals surface area (Å²) < 4.78 is 48.9. The van der Waals surface area contributed by atoms with Gasteiger partial charge in [0, 0.05) is 42.9 Å². The van der Waals surface area contributed by atoms with Gasteiger partial charge in [-0.3, -0.25) is 19.2 Å². The van der Waals surface area contributed by atoms with Crippen molar-refractivity contribution in [1.82, 2.24) is 4.90 Å². The van der Waals surface area contributed by atoms with Crippen LogP contribution in [0.1, 0.15) is 108 Å². The largest absolute Gasteiger partial charge is 0.507 e. The highest BCUT2D eigenvalue weighted by Gasteiger charge is 2.54. The second-order valence-corrected chi connectivity index (χ2v) is 16.2. The number of aromatic hydroxyl groups is 3. The van der Waals surface area contributed by atoms with Gasteiger partial charge in [0.25, 0.3) is 0 Å². The molecule has 13 unspecified atom stereocenters. The van der Waals surface area contributed by atoms with E-state index in [0.29, 0.717) is 6.42 Å². The Balaban J connectivity index is 1.06. The van der Waals surface area contributed by atoms with Crippen LogP contribution in [0.2, 0.25) is 0 Å². The molecule has 0 bridgehead atoms. The number of phenolic OH excluding ortho intramolecular Hbond substituents is 3. The Morgan fingerprint density at radius 1 is 0.897 bits per heavy atom. The maximum absolute atomic E-state index is 14.0. The van der Waals surface area contributed by atoms with E-state index >= 15 is 0 Å². The number of likely N-dealkylation sites (N-methyl/N-ethyl adjacent to an activating group) is 1. The van der Waals surface area contributed by atoms with Gasteiger partial charge in [0.05, 0.1) is 54.3 Å². The summed E-state index contributed by atoms with van der Waals surface area (Å²) in [5.74, 6) is -5.87. The van der Waals surface area contributed by atoms with E-state index in [9.17, 15) is 39.6 Å². The van der Waals surface area contributed by atoms with Crippen LogP contribution in [-0.2, 0) is 47.5 Å². The highest BCUT2D eigenvalue weighted by atomic mass is 16.8. The van der Waals surface area contributed by atoms with E-state index in [-0.39, 0.29) is 66.9 Å². The van der Waals surface area contributed by atoms with Crippen LogP contribution in [0.25, 0.3) is 0 Å². The molecule has 8 rings (SSSR count). The zero-order valence-corrected chi connectivity index (χ0v) is 33.0. The van der Waals surface area contributed by atoms with E-state index in [1.165, 1.54) is 6.07 Å². The number of rotatable bonds is 7. The van der Waals surface area contributed by atoms with Crippen molar-refractivity contribution in [3.8, 4) is 17.2 Å². The molecule has 0 radical (unpaired) electrons. The molecule has 4 saturated heterocycles. The zero-order valence-electron chi connectivity index (χ0n) is 33.0. The standard InChI is InChI=1S/C41H49NO16/c1-7-41(50)14-26(30-18(34(41)39(49)51-6)10-19-31(36(30)47)37(48)33-22(44)9-8-21(43)32(33)35(19)46)56-29-11-20(42(4)5)38(17(3)53-29)58-28-13-24-27(15-52-28)57-40-25(55-24)12-23(45)16(2)54-40/h8-10,16-17,20,24-29,34,38,40,43-44,47,50H,7,11-15H2,1-6H3. The fraction of sp³-hybridized carbons (Fsp3) is 0.610. The lowest BCUT2D eigenvalue weighted by atomic mass is 9.67. The summed E-state index contributed by atoms with van der Waals surface area (Å²) in [6.07, 6.45) is -5.89. The number of Topliss-reactive ketones (excluding diaryl/α,β-unsaturated/α-hetero) is 1. The maximum Gasteiger partial charge on any atom is 0.316 e. The number of carbonyl (C=O) groups excluding carboxylic acids is 4. The lowest BCUT2D eigenvalue weighted by Crippen LogP contribution is -2.60. The first-order valence-electron chi connectivity index (χ1n) is 19.6. The Morgan fingerprint density at radius 3 is 2.28 bits per heavy atom. The average molecular weight is 812 g/mol. The second-order valence-electron chi connectivity index (χ2n) is 16.2. The number of carbonyl (C=O) groups is 4. The molecule has 6 aliphatic rings. The van der Waals surface area contributed by atoms with E-state index in [1.54, 1.807) is 13.8 Å². The van der Waals surface area contributed by atoms with E-state index in [1.807, 2.05) is 25.9 Å². The topological polar surface area (TPSA) is 226 Å². The molecular weight excluding hydrogens is 762 g/mol. The van der Waals surface area contributed by atoms with Gasteiger partial charge in [-0.15, -0.1) is 0 Å². The fourth-order valence-electron chi connectivity index (χ4n) is 9.46. The summed E-state index contributed by atoms with van der Waals surface area (Å²) in [4.78, 5) is 55.6. The molecule has 17 nitrogen and oxygen atoms in total. The molecular formula is C41H49NO16. The Morgan fingerprint density at radius 2 is 1.60 bits per heavy atom. The summed E-state index contributed by atoms with van der Waals surface area (Å²) >= 11 is 0. The van der Waals surface area contributed by atoms with Crippen molar-refractivity contribution in [3.05, 3.63) is 51.6 Å². The Hall–Kier alpha value is -4.04. The minimum Gasteiger partial charge on any atom is -0.507 e. The molecule has 17 heteroatoms. The molecule has 0 saturated carbocycles. The third-order valence-electron chi connectivity index (χ3n) is 12.6. The van der Waals surface area contributed by atoms with E-state index < -0.39 is 118 Å². The van der Waals surface area contributed by atoms with Gasteiger partial charge < -0.3 is 63.2 Å². The number of hydrogen-bond acceptors (Lipinski definition) is 17. The van der Waals surface area contributed by atoms with Crippen LogP contribution in [-0.4, -0.2) is 144 Å². The predicted octanol–water partition coefficient (Wildman–Crippen LogP) is 2.49. The normalized spacial score (nSPS) is 37.0. The van der Waals surface area contributed by atoms with Crippen LogP contribution in [0.4, 0.5) is 0 Å². The number of phenols is 3. The Kier molecular flexibility index (Phi) is 10.7. The van der Waals surface area contributed by atoms with Crippen LogP contribution >= 0.6 is 0 Å². The molecule has 4 fully saturated rings. The van der Waals surface area contributed by atoms with Crippen LogP contribution in [0.3, 0.4) is 0 Å². The molecule has 314 valence electrons. The molecule has 58 heavy (non-hydrogen) atoms. The van der Waals surface area contributed by atoms with Gasteiger partial charge in [-0.1, -0.05) is 6.92 Å². The van der Waals surface area contributed by atoms with Crippen molar-refractivity contribution >= 4 is 23.3 Å². The number of benzene rings is 2. The van der Waals surface area contributed by atoms with Crippen molar-refractivity contribution < 1.29 is 77.5 Å². The van der Waals surface area contributed by atoms with Gasteiger partial charge in [0.15, 0.2) is 30.4 Å². The zero-order chi connectivity index (χ0) is 41.5. The van der Waals surface area contributed by atoms with Crippen molar-refractivity contribution in [2.24, 2.45) is 0 Å². The van der Waals surface area contributed by atoms with Crippen LogP contribution in [0.15, 0.2) is 18.2 Å². The fourth-order valence-corrected chi connectivity index (χ4v) is 9.46. The molecule has 4 aliphatic heterocycles. The number of nitrogens with zero attached hydrogens (tertiary/aromatic N) is 1. The number of ether oxygens (including phenoxy) is 8. The molecule has 13 atom stereocenters. The first-order valence-corrected chi connectivity index (χ1v) is 19.6. The Labute approximate surface area is 334 Å². The first kappa shape index (κ1) is 40.7.